The molecule has 2 aromatic rings. The Bertz CT molecular complexity index is 776. The van der Waals surface area contributed by atoms with Gasteiger partial charge in [-0.2, -0.15) is 5.01 Å². The highest BCUT2D eigenvalue weighted by Crippen LogP contribution is 2.27. The molecular weight excluding hydrogens is 338 g/mol. The summed E-state index contributed by atoms with van der Waals surface area (Å²) < 4.78 is 0. The van der Waals surface area contributed by atoms with E-state index in [-0.39, 0.29) is 12.3 Å². The molecule has 2 heterocycles. The lowest BCUT2D eigenvalue weighted by molar-refractivity contribution is -0.139. The lowest BCUT2D eigenvalue weighted by atomic mass is 9.92. The van der Waals surface area contributed by atoms with Crippen molar-refractivity contribution in [2.24, 2.45) is 0 Å². The zero-order valence-electron chi connectivity index (χ0n) is 13.8. The highest BCUT2D eigenvalue weighted by atomic mass is 32.1. The molecule has 1 aromatic carbocycles. The van der Waals surface area contributed by atoms with Crippen molar-refractivity contribution in [2.45, 2.75) is 31.7 Å². The van der Waals surface area contributed by atoms with Crippen molar-refractivity contribution in [1.82, 2.24) is 15.8 Å². The normalized spacial score (nSPS) is 19.8. The predicted molar refractivity (Wildman–Crippen MR) is 94.6 cm³/mol. The van der Waals surface area contributed by atoms with E-state index in [2.05, 4.69) is 10.7 Å². The van der Waals surface area contributed by atoms with Crippen LogP contribution in [0.2, 0.25) is 0 Å². The van der Waals surface area contributed by atoms with E-state index in [1.54, 1.807) is 42.5 Å². The molecule has 0 bridgehead atoms. The lowest BCUT2D eigenvalue weighted by Crippen LogP contribution is -2.47. The van der Waals surface area contributed by atoms with Crippen LogP contribution < -0.4 is 10.7 Å². The van der Waals surface area contributed by atoms with Crippen molar-refractivity contribution in [3.63, 3.8) is 0 Å². The summed E-state index contributed by atoms with van der Waals surface area (Å²) in [6.07, 6.45) is 1.70. The summed E-state index contributed by atoms with van der Waals surface area (Å²) in [5.74, 6) is -0.840. The summed E-state index contributed by atoms with van der Waals surface area (Å²) in [7, 11) is 0. The van der Waals surface area contributed by atoms with Gasteiger partial charge in [-0.05, 0) is 36.8 Å². The van der Waals surface area contributed by atoms with E-state index in [1.807, 2.05) is 23.6 Å². The Morgan fingerprint density at radius 3 is 2.64 bits per heavy atom. The molecule has 0 radical (unpaired) electrons. The van der Waals surface area contributed by atoms with E-state index in [4.69, 9.17) is 0 Å². The van der Waals surface area contributed by atoms with Gasteiger partial charge in [0.1, 0.15) is 5.54 Å². The maximum absolute atomic E-state index is 12.7. The van der Waals surface area contributed by atoms with Crippen LogP contribution in [0.1, 0.15) is 30.2 Å². The zero-order valence-corrected chi connectivity index (χ0v) is 14.6. The average Bonchev–Trinajstić information content (AvgIpc) is 3.19. The number of nitrogens with one attached hydrogen (secondary N) is 2. The van der Waals surface area contributed by atoms with Gasteiger partial charge in [0.25, 0.3) is 5.91 Å². The Morgan fingerprint density at radius 2 is 1.96 bits per heavy atom. The van der Waals surface area contributed by atoms with Gasteiger partial charge in [0.15, 0.2) is 0 Å². The van der Waals surface area contributed by atoms with Crippen LogP contribution in [-0.2, 0) is 21.5 Å². The summed E-state index contributed by atoms with van der Waals surface area (Å²) in [5, 5.41) is 5.43. The molecule has 1 fully saturated rings. The molecule has 1 unspecified atom stereocenters. The highest BCUT2D eigenvalue weighted by molar-refractivity contribution is 7.09. The van der Waals surface area contributed by atoms with Crippen molar-refractivity contribution >= 4 is 29.2 Å². The van der Waals surface area contributed by atoms with Gasteiger partial charge >= 0.3 is 6.03 Å². The number of hydrogen-bond donors (Lipinski definition) is 2. The molecule has 0 saturated carbocycles. The molecule has 1 saturated heterocycles. The summed E-state index contributed by atoms with van der Waals surface area (Å²) in [5.41, 5.74) is 1.91. The Labute approximate surface area is 149 Å². The number of carbonyl (C=O) groups excluding carboxylic acids is 3. The fraction of sp³-hybridized carbons (Fsp3) is 0.278. The highest BCUT2D eigenvalue weighted by Gasteiger charge is 2.49. The Hall–Kier alpha value is -2.67. The molecule has 6 nitrogen and oxygen atoms in total. The molecule has 2 N–H and O–H groups in total. The third-order valence-corrected chi connectivity index (χ3v) is 5.12. The van der Waals surface area contributed by atoms with Crippen LogP contribution in [-0.4, -0.2) is 22.9 Å². The van der Waals surface area contributed by atoms with Crippen molar-refractivity contribution in [3.05, 3.63) is 58.3 Å². The quantitative estimate of drug-likeness (QED) is 0.780. The smallest absolute Gasteiger partial charge is 0.318 e. The zero-order chi connectivity index (χ0) is 17.9. The van der Waals surface area contributed by atoms with Gasteiger partial charge < -0.3 is 5.32 Å². The number of aryl methyl sites for hydroxylation is 1. The molecule has 1 atom stereocenters. The maximum Gasteiger partial charge on any atom is 0.344 e. The number of benzene rings is 1. The Kier molecular flexibility index (Phi) is 4.85. The minimum absolute atomic E-state index is 0.247. The summed E-state index contributed by atoms with van der Waals surface area (Å²) in [6, 6.07) is 12.3. The maximum atomic E-state index is 12.7. The first-order chi connectivity index (χ1) is 12.0. The number of carbonyl (C=O) groups is 3. The lowest BCUT2D eigenvalue weighted by Gasteiger charge is -2.22. The van der Waals surface area contributed by atoms with Crippen LogP contribution in [0.3, 0.4) is 0 Å². The molecule has 25 heavy (non-hydrogen) atoms. The predicted octanol–water partition coefficient (Wildman–Crippen LogP) is 2.57. The molecule has 1 aromatic heterocycles. The molecule has 130 valence electrons. The second kappa shape index (κ2) is 7.06. The summed E-state index contributed by atoms with van der Waals surface area (Å²) >= 11 is 1.65. The van der Waals surface area contributed by atoms with Crippen LogP contribution in [0.15, 0.2) is 47.8 Å². The molecule has 3 rings (SSSR count). The second-order valence-electron chi connectivity index (χ2n) is 6.03. The first-order valence-corrected chi connectivity index (χ1v) is 8.93. The number of hydrazine groups is 1. The first-order valence-electron chi connectivity index (χ1n) is 8.05. The van der Waals surface area contributed by atoms with E-state index in [1.165, 1.54) is 4.88 Å². The number of imide groups is 1. The minimum Gasteiger partial charge on any atom is -0.318 e. The fourth-order valence-corrected chi connectivity index (χ4v) is 3.52. The van der Waals surface area contributed by atoms with Crippen molar-refractivity contribution in [2.75, 3.05) is 0 Å². The standard InChI is InChI=1S/C18H19N3O3S/c1-18(13-7-3-2-4-8-13)16(23)21(17(24)19-18)20-15(22)11-5-9-14-10-6-12-25-14/h2-4,6-8,10,12H,5,9,11H2,1H3,(H,19,24)(H,20,22). The van der Waals surface area contributed by atoms with Crippen molar-refractivity contribution in [3.8, 4) is 0 Å². The van der Waals surface area contributed by atoms with Gasteiger partial charge in [-0.3, -0.25) is 15.0 Å². The third-order valence-electron chi connectivity index (χ3n) is 4.19. The van der Waals surface area contributed by atoms with E-state index in [9.17, 15) is 14.4 Å². The van der Waals surface area contributed by atoms with Crippen molar-refractivity contribution in [1.29, 1.82) is 0 Å². The number of nitrogens with zero attached hydrogens (tertiary/aromatic N) is 1. The van der Waals surface area contributed by atoms with Crippen LogP contribution in [0.25, 0.3) is 0 Å². The second-order valence-corrected chi connectivity index (χ2v) is 7.06. The Balaban J connectivity index is 1.60. The molecule has 1 aliphatic heterocycles. The van der Waals surface area contributed by atoms with Gasteiger partial charge in [-0.15, -0.1) is 11.3 Å². The first kappa shape index (κ1) is 17.2. The number of rotatable bonds is 6. The molecule has 0 spiro atoms. The van der Waals surface area contributed by atoms with Crippen LogP contribution in [0.4, 0.5) is 4.79 Å². The third kappa shape index (κ3) is 3.56. The van der Waals surface area contributed by atoms with Gasteiger partial charge in [-0.1, -0.05) is 36.4 Å². The minimum atomic E-state index is -1.18. The van der Waals surface area contributed by atoms with Crippen LogP contribution >= 0.6 is 11.3 Å². The molecule has 4 amide bonds. The number of urea groups is 1. The fourth-order valence-electron chi connectivity index (χ4n) is 2.77. The molecule has 0 aliphatic carbocycles. The van der Waals surface area contributed by atoms with E-state index in [0.717, 1.165) is 11.4 Å². The molecular formula is C18H19N3O3S. The number of amides is 4. The molecule has 7 heteroatoms. The van der Waals surface area contributed by atoms with Crippen LogP contribution in [0.5, 0.6) is 0 Å². The van der Waals surface area contributed by atoms with E-state index < -0.39 is 17.5 Å². The number of hydrogen-bond acceptors (Lipinski definition) is 4. The van der Waals surface area contributed by atoms with Gasteiger partial charge in [0.2, 0.25) is 5.91 Å². The Morgan fingerprint density at radius 1 is 1.20 bits per heavy atom. The monoisotopic (exact) mass is 357 g/mol. The van der Waals surface area contributed by atoms with Crippen LogP contribution in [0, 0.1) is 0 Å². The SMILES string of the molecule is CC1(c2ccccc2)NC(=O)N(NC(=O)CCCc2cccs2)C1=O. The van der Waals surface area contributed by atoms with Gasteiger partial charge in [0.05, 0.1) is 0 Å². The summed E-state index contributed by atoms with van der Waals surface area (Å²) in [6.45, 7) is 1.63. The van der Waals surface area contributed by atoms with Gasteiger partial charge in [0, 0.05) is 11.3 Å². The van der Waals surface area contributed by atoms with E-state index in [0.29, 0.717) is 12.0 Å². The topological polar surface area (TPSA) is 78.5 Å². The van der Waals surface area contributed by atoms with Gasteiger partial charge in [-0.25, -0.2) is 4.79 Å². The molecule has 1 aliphatic rings. The largest absolute Gasteiger partial charge is 0.344 e. The van der Waals surface area contributed by atoms with Crippen molar-refractivity contribution < 1.29 is 14.4 Å². The van der Waals surface area contributed by atoms with E-state index >= 15 is 0 Å². The number of thiophene rings is 1. The summed E-state index contributed by atoms with van der Waals surface area (Å²) in [4.78, 5) is 38.1. The average molecular weight is 357 g/mol.